The van der Waals surface area contributed by atoms with Crippen molar-refractivity contribution in [3.8, 4) is 0 Å². The number of aliphatic hydroxyl groups excluding tert-OH is 1. The van der Waals surface area contributed by atoms with Crippen molar-refractivity contribution in [2.24, 2.45) is 11.8 Å². The predicted octanol–water partition coefficient (Wildman–Crippen LogP) is 5.63. The summed E-state index contributed by atoms with van der Waals surface area (Å²) in [6, 6.07) is 21.6. The van der Waals surface area contributed by atoms with E-state index in [1.54, 1.807) is 11.0 Å². The topological polar surface area (TPSA) is 96.4 Å². The average molecular weight is 637 g/mol. The van der Waals surface area contributed by atoms with E-state index in [9.17, 15) is 14.7 Å². The van der Waals surface area contributed by atoms with Crippen molar-refractivity contribution in [2.45, 2.75) is 68.7 Å². The van der Waals surface area contributed by atoms with Crippen LogP contribution >= 0.6 is 0 Å². The third-order valence-corrected chi connectivity index (χ3v) is 10.3. The lowest BCUT2D eigenvalue weighted by molar-refractivity contribution is -0.160. The summed E-state index contributed by atoms with van der Waals surface area (Å²) in [4.78, 5) is 46.8. The van der Waals surface area contributed by atoms with Gasteiger partial charge < -0.3 is 24.4 Å². The molecule has 0 aliphatic carbocycles. The molecule has 0 radical (unpaired) electrons. The van der Waals surface area contributed by atoms with Gasteiger partial charge in [0.2, 0.25) is 5.91 Å². The number of hydrogen-bond donors (Lipinski definition) is 1. The van der Waals surface area contributed by atoms with Crippen LogP contribution in [-0.2, 0) is 30.3 Å². The highest BCUT2D eigenvalue weighted by Gasteiger charge is 2.79. The second kappa shape index (κ2) is 13.5. The summed E-state index contributed by atoms with van der Waals surface area (Å²) in [6.07, 6.45) is 7.12. The zero-order valence-electron chi connectivity index (χ0n) is 27.1. The van der Waals surface area contributed by atoms with Gasteiger partial charge in [0.25, 0.3) is 5.91 Å². The van der Waals surface area contributed by atoms with E-state index in [0.29, 0.717) is 31.4 Å². The smallest absolute Gasteiger partial charge is 0.312 e. The molecular weight excluding hydrogens is 592 g/mol. The molecule has 0 aromatic heterocycles. The van der Waals surface area contributed by atoms with Gasteiger partial charge in [0.05, 0.1) is 30.8 Å². The van der Waals surface area contributed by atoms with Crippen molar-refractivity contribution in [3.63, 3.8) is 0 Å². The second-order valence-corrected chi connectivity index (χ2v) is 13.2. The number of likely N-dealkylation sites (tertiary alicyclic amines) is 1. The molecule has 3 aliphatic rings. The molecule has 2 unspecified atom stereocenters. The number of amides is 2. The zero-order chi connectivity index (χ0) is 33.2. The quantitative estimate of drug-likeness (QED) is 0.140. The Labute approximate surface area is 276 Å². The van der Waals surface area contributed by atoms with Crippen LogP contribution in [0, 0.1) is 11.8 Å². The fourth-order valence-corrected chi connectivity index (χ4v) is 8.13. The van der Waals surface area contributed by atoms with Gasteiger partial charge >= 0.3 is 5.97 Å². The van der Waals surface area contributed by atoms with Crippen LogP contribution in [0.5, 0.6) is 0 Å². The Morgan fingerprint density at radius 3 is 2.51 bits per heavy atom. The van der Waals surface area contributed by atoms with Crippen LogP contribution in [0.25, 0.3) is 10.8 Å². The van der Waals surface area contributed by atoms with Gasteiger partial charge in [-0.25, -0.2) is 0 Å². The maximum absolute atomic E-state index is 15.1. The van der Waals surface area contributed by atoms with Gasteiger partial charge in [-0.2, -0.15) is 0 Å². The van der Waals surface area contributed by atoms with Crippen LogP contribution in [0.2, 0.25) is 0 Å². The van der Waals surface area contributed by atoms with Gasteiger partial charge in [0.1, 0.15) is 17.6 Å². The monoisotopic (exact) mass is 636 g/mol. The number of benzene rings is 3. The lowest BCUT2D eigenvalue weighted by atomic mass is 9.66. The molecule has 2 bridgehead atoms. The molecule has 8 nitrogen and oxygen atoms in total. The van der Waals surface area contributed by atoms with Crippen LogP contribution in [-0.4, -0.2) is 70.8 Å². The number of unbranched alkanes of at least 4 members (excludes halogenated alkanes) is 2. The molecule has 3 saturated heterocycles. The van der Waals surface area contributed by atoms with E-state index < -0.39 is 41.1 Å². The SMILES string of the molecule is C=CCCCCOC(=O)[C@@H]1[C@H]2C(=O)N([C@@H](CO)Cc3ccccc3)C(C(=O)N(CC=C)c3ccc4ccccc4c3)C23CC[C@@]1(C)O3. The number of hydrogen-bond acceptors (Lipinski definition) is 6. The van der Waals surface area contributed by atoms with Crippen molar-refractivity contribution >= 4 is 34.2 Å². The Hall–Kier alpha value is -4.27. The Balaban J connectivity index is 1.41. The van der Waals surface area contributed by atoms with Crippen LogP contribution in [0.4, 0.5) is 5.69 Å². The lowest BCUT2D eigenvalue weighted by Gasteiger charge is -2.39. The van der Waals surface area contributed by atoms with E-state index in [-0.39, 0.29) is 31.6 Å². The highest BCUT2D eigenvalue weighted by molar-refractivity contribution is 6.05. The molecule has 6 rings (SSSR count). The molecular formula is C39H44N2O6. The number of allylic oxidation sites excluding steroid dienone is 1. The summed E-state index contributed by atoms with van der Waals surface area (Å²) in [5, 5.41) is 12.8. The molecule has 3 heterocycles. The van der Waals surface area contributed by atoms with Gasteiger partial charge in [-0.05, 0) is 73.9 Å². The predicted molar refractivity (Wildman–Crippen MR) is 182 cm³/mol. The number of anilines is 1. The van der Waals surface area contributed by atoms with Gasteiger partial charge in [-0.1, -0.05) is 72.8 Å². The van der Waals surface area contributed by atoms with E-state index in [0.717, 1.165) is 29.2 Å². The van der Waals surface area contributed by atoms with E-state index in [1.807, 2.05) is 85.8 Å². The fraction of sp³-hybridized carbons (Fsp3) is 0.410. The molecule has 3 aromatic rings. The summed E-state index contributed by atoms with van der Waals surface area (Å²) in [6.45, 7) is 9.62. The Morgan fingerprint density at radius 2 is 1.79 bits per heavy atom. The van der Waals surface area contributed by atoms with Crippen molar-refractivity contribution in [1.82, 2.24) is 4.90 Å². The first-order valence-electron chi connectivity index (χ1n) is 16.6. The number of ether oxygens (including phenoxy) is 2. The van der Waals surface area contributed by atoms with Crippen molar-refractivity contribution < 1.29 is 29.0 Å². The van der Waals surface area contributed by atoms with E-state index >= 15 is 4.79 Å². The molecule has 8 heteroatoms. The maximum atomic E-state index is 15.1. The maximum Gasteiger partial charge on any atom is 0.312 e. The van der Waals surface area contributed by atoms with E-state index in [1.165, 1.54) is 4.90 Å². The summed E-state index contributed by atoms with van der Waals surface area (Å²) < 4.78 is 12.6. The molecule has 0 saturated carbocycles. The van der Waals surface area contributed by atoms with Crippen LogP contribution in [0.15, 0.2) is 98.1 Å². The highest BCUT2D eigenvalue weighted by atomic mass is 16.6. The number of carbonyl (C=O) groups is 3. The molecule has 47 heavy (non-hydrogen) atoms. The molecule has 3 aliphatic heterocycles. The number of aliphatic hydroxyl groups is 1. The summed E-state index contributed by atoms with van der Waals surface area (Å²) in [7, 11) is 0. The van der Waals surface area contributed by atoms with Gasteiger partial charge in [-0.15, -0.1) is 13.2 Å². The number of esters is 1. The zero-order valence-corrected chi connectivity index (χ0v) is 27.1. The van der Waals surface area contributed by atoms with Crippen LogP contribution in [0.3, 0.4) is 0 Å². The largest absolute Gasteiger partial charge is 0.465 e. The molecule has 1 spiro atoms. The third kappa shape index (κ3) is 5.78. The minimum atomic E-state index is -1.25. The minimum absolute atomic E-state index is 0.201. The fourth-order valence-electron chi connectivity index (χ4n) is 8.13. The number of carbonyl (C=O) groups excluding carboxylic acids is 3. The first-order chi connectivity index (χ1) is 22.8. The molecule has 3 fully saturated rings. The molecule has 2 amide bonds. The lowest BCUT2D eigenvalue weighted by Crippen LogP contribution is -2.59. The van der Waals surface area contributed by atoms with Gasteiger partial charge in [0.15, 0.2) is 0 Å². The summed E-state index contributed by atoms with van der Waals surface area (Å²) in [5.74, 6) is -2.94. The normalized spacial score (nSPS) is 26.6. The number of fused-ring (bicyclic) bond motifs is 2. The first-order valence-corrected chi connectivity index (χ1v) is 16.6. The highest BCUT2D eigenvalue weighted by Crippen LogP contribution is 2.64. The standard InChI is InChI=1S/C39H44N2O6/c1-4-6-7-13-23-46-37(45)33-32-35(43)41(31(26-42)24-27-14-9-8-10-15-27)34(39(32)21-20-38(33,3)47-39)36(44)40(22-5-2)30-19-18-28-16-11-12-17-29(28)25-30/h4-5,8-12,14-19,25,31-34,42H,1-2,6-7,13,20-24,26H2,3H3/t31-,32+,33+,34?,38-,39?/m1/s1. The summed E-state index contributed by atoms with van der Waals surface area (Å²) in [5.41, 5.74) is -0.622. The van der Waals surface area contributed by atoms with Crippen LogP contribution in [0.1, 0.15) is 44.6 Å². The Bertz CT molecular complexity index is 1660. The minimum Gasteiger partial charge on any atom is -0.465 e. The third-order valence-electron chi connectivity index (χ3n) is 10.3. The summed E-state index contributed by atoms with van der Waals surface area (Å²) >= 11 is 0. The second-order valence-electron chi connectivity index (χ2n) is 13.2. The van der Waals surface area contributed by atoms with E-state index in [2.05, 4.69) is 13.2 Å². The Kier molecular flexibility index (Phi) is 9.35. The van der Waals surface area contributed by atoms with E-state index in [4.69, 9.17) is 9.47 Å². The van der Waals surface area contributed by atoms with Crippen molar-refractivity contribution in [2.75, 3.05) is 24.7 Å². The number of nitrogens with zero attached hydrogens (tertiary/aromatic N) is 2. The molecule has 246 valence electrons. The Morgan fingerprint density at radius 1 is 1.04 bits per heavy atom. The average Bonchev–Trinajstić information content (AvgIpc) is 3.66. The van der Waals surface area contributed by atoms with Gasteiger partial charge in [0, 0.05) is 12.2 Å². The number of rotatable bonds is 14. The first kappa shape index (κ1) is 32.7. The van der Waals surface area contributed by atoms with Crippen molar-refractivity contribution in [1.29, 1.82) is 0 Å². The van der Waals surface area contributed by atoms with Crippen LogP contribution < -0.4 is 4.90 Å². The molecule has 3 aromatic carbocycles. The molecule has 6 atom stereocenters. The van der Waals surface area contributed by atoms with Crippen molar-refractivity contribution in [3.05, 3.63) is 104 Å². The molecule has 1 N–H and O–H groups in total. The van der Waals surface area contributed by atoms with Gasteiger partial charge in [-0.3, -0.25) is 14.4 Å².